The Morgan fingerprint density at radius 1 is 0.442 bits per heavy atom. The molecule has 0 unspecified atom stereocenters. The monoisotopic (exact) mass is 670 g/mol. The molecule has 2 aromatic heterocycles. The Morgan fingerprint density at radius 3 is 1.44 bits per heavy atom. The lowest BCUT2D eigenvalue weighted by atomic mass is 9.81. The van der Waals surface area contributed by atoms with Crippen LogP contribution >= 0.6 is 0 Å². The SMILES string of the molecule is CCc1ccc(-c2cc(-c3cc4ccccc4o3)c3ccc4c(-c5cccc(C(C)(C)C)c5)cc(-c5cc6ccccc6o5)c5ccc2c3c45)cc1. The molecule has 0 N–H and O–H groups in total. The fraction of sp³-hybridized carbons (Fsp3) is 0.120. The number of fused-ring (bicyclic) bond motifs is 2. The minimum atomic E-state index is 0.0189. The van der Waals surface area contributed by atoms with Gasteiger partial charge in [0.15, 0.2) is 0 Å². The van der Waals surface area contributed by atoms with Gasteiger partial charge in [-0.3, -0.25) is 0 Å². The molecule has 0 aliphatic carbocycles. The molecule has 0 aliphatic heterocycles. The van der Waals surface area contributed by atoms with Crippen LogP contribution in [0, 0.1) is 0 Å². The number of aryl methyl sites for hydroxylation is 1. The molecular formula is C50H38O2. The third-order valence-corrected chi connectivity index (χ3v) is 11.0. The summed E-state index contributed by atoms with van der Waals surface area (Å²) in [7, 11) is 0. The van der Waals surface area contributed by atoms with Crippen LogP contribution in [0.25, 0.3) is 99.2 Å². The zero-order valence-electron chi connectivity index (χ0n) is 29.9. The molecule has 8 aromatic carbocycles. The lowest BCUT2D eigenvalue weighted by Gasteiger charge is -2.22. The first-order valence-corrected chi connectivity index (χ1v) is 18.3. The standard InChI is InChI=1S/C50H38O2/c1-5-30-17-19-31(20-18-30)40-28-42(46-26-33-11-6-8-15-44(33)51-46)38-24-22-37-41(32-13-10-14-35(25-32)50(2,3)4)29-43(39-23-21-36(40)48(38)49(37)39)47-27-34-12-7-9-16-45(34)52-47/h6-29H,5H2,1-4H3. The van der Waals surface area contributed by atoms with E-state index in [9.17, 15) is 0 Å². The minimum Gasteiger partial charge on any atom is -0.456 e. The van der Waals surface area contributed by atoms with E-state index in [0.717, 1.165) is 51.0 Å². The highest BCUT2D eigenvalue weighted by atomic mass is 16.3. The molecule has 0 spiro atoms. The van der Waals surface area contributed by atoms with Gasteiger partial charge in [-0.25, -0.2) is 0 Å². The molecule has 0 aliphatic rings. The van der Waals surface area contributed by atoms with Crippen LogP contribution in [0.3, 0.4) is 0 Å². The van der Waals surface area contributed by atoms with Gasteiger partial charge in [-0.05, 0) is 114 Å². The van der Waals surface area contributed by atoms with Crippen LogP contribution in [0.5, 0.6) is 0 Å². The number of rotatable bonds is 5. The molecule has 52 heavy (non-hydrogen) atoms. The molecule has 0 radical (unpaired) electrons. The molecule has 2 heterocycles. The van der Waals surface area contributed by atoms with Gasteiger partial charge in [0.1, 0.15) is 22.7 Å². The third-order valence-electron chi connectivity index (χ3n) is 11.0. The number of furan rings is 2. The van der Waals surface area contributed by atoms with Crippen LogP contribution in [0.4, 0.5) is 0 Å². The first-order valence-electron chi connectivity index (χ1n) is 18.3. The molecule has 0 atom stereocenters. The number of benzene rings is 8. The van der Waals surface area contributed by atoms with E-state index in [0.29, 0.717) is 0 Å². The van der Waals surface area contributed by atoms with Crippen molar-refractivity contribution in [1.82, 2.24) is 0 Å². The van der Waals surface area contributed by atoms with E-state index in [4.69, 9.17) is 8.83 Å². The summed E-state index contributed by atoms with van der Waals surface area (Å²) in [5, 5.41) is 9.51. The van der Waals surface area contributed by atoms with Crippen LogP contribution < -0.4 is 0 Å². The second-order valence-electron chi connectivity index (χ2n) is 15.2. The van der Waals surface area contributed by atoms with E-state index in [-0.39, 0.29) is 5.41 Å². The van der Waals surface area contributed by atoms with Crippen molar-refractivity contribution in [3.8, 4) is 44.9 Å². The summed E-state index contributed by atoms with van der Waals surface area (Å²) in [5.41, 5.74) is 11.4. The molecule has 2 nitrogen and oxygen atoms in total. The first kappa shape index (κ1) is 30.7. The Morgan fingerprint density at radius 2 is 0.942 bits per heavy atom. The summed E-state index contributed by atoms with van der Waals surface area (Å²) >= 11 is 0. The molecule has 0 saturated carbocycles. The Kier molecular flexibility index (Phi) is 6.76. The normalized spacial score (nSPS) is 12.3. The van der Waals surface area contributed by atoms with Crippen molar-refractivity contribution in [3.05, 3.63) is 157 Å². The van der Waals surface area contributed by atoms with Gasteiger partial charge >= 0.3 is 0 Å². The zero-order valence-corrected chi connectivity index (χ0v) is 29.9. The average Bonchev–Trinajstić information content (AvgIpc) is 3.81. The molecule has 250 valence electrons. The Hall–Kier alpha value is -6.12. The maximum atomic E-state index is 6.64. The van der Waals surface area contributed by atoms with E-state index in [1.165, 1.54) is 65.7 Å². The van der Waals surface area contributed by atoms with Crippen molar-refractivity contribution in [1.29, 1.82) is 0 Å². The molecule has 0 fully saturated rings. The molecule has 0 amide bonds. The van der Waals surface area contributed by atoms with Gasteiger partial charge in [-0.15, -0.1) is 0 Å². The highest BCUT2D eigenvalue weighted by Gasteiger charge is 2.24. The Bertz CT molecular complexity index is 2900. The quantitative estimate of drug-likeness (QED) is 0.170. The van der Waals surface area contributed by atoms with Crippen LogP contribution in [-0.2, 0) is 11.8 Å². The minimum absolute atomic E-state index is 0.0189. The van der Waals surface area contributed by atoms with Crippen molar-refractivity contribution < 1.29 is 8.83 Å². The molecule has 0 saturated heterocycles. The lowest BCUT2D eigenvalue weighted by molar-refractivity contribution is 0.590. The summed E-state index contributed by atoms with van der Waals surface area (Å²) in [4.78, 5) is 0. The van der Waals surface area contributed by atoms with Crippen LogP contribution in [0.15, 0.2) is 154 Å². The summed E-state index contributed by atoms with van der Waals surface area (Å²) in [5.74, 6) is 1.75. The van der Waals surface area contributed by atoms with E-state index >= 15 is 0 Å². The Balaban J connectivity index is 1.36. The van der Waals surface area contributed by atoms with Crippen molar-refractivity contribution in [3.63, 3.8) is 0 Å². The van der Waals surface area contributed by atoms with Crippen LogP contribution in [0.1, 0.15) is 38.8 Å². The van der Waals surface area contributed by atoms with Gasteiger partial charge in [0.2, 0.25) is 0 Å². The van der Waals surface area contributed by atoms with Crippen molar-refractivity contribution >= 4 is 54.3 Å². The summed E-state index contributed by atoms with van der Waals surface area (Å²) < 4.78 is 13.3. The number of para-hydroxylation sites is 2. The van der Waals surface area contributed by atoms with E-state index < -0.39 is 0 Å². The fourth-order valence-electron chi connectivity index (χ4n) is 8.18. The smallest absolute Gasteiger partial charge is 0.136 e. The predicted octanol–water partition coefficient (Wildman–Crippen LogP) is 14.6. The molecule has 10 rings (SSSR count). The zero-order chi connectivity index (χ0) is 35.1. The van der Waals surface area contributed by atoms with Gasteiger partial charge in [0.05, 0.1) is 0 Å². The third kappa shape index (κ3) is 4.78. The van der Waals surface area contributed by atoms with Crippen LogP contribution in [0.2, 0.25) is 0 Å². The highest BCUT2D eigenvalue weighted by Crippen LogP contribution is 2.49. The van der Waals surface area contributed by atoms with Gasteiger partial charge in [-0.2, -0.15) is 0 Å². The number of hydrogen-bond acceptors (Lipinski definition) is 2. The molecule has 2 heteroatoms. The van der Waals surface area contributed by atoms with Crippen molar-refractivity contribution in [2.24, 2.45) is 0 Å². The van der Waals surface area contributed by atoms with E-state index in [1.807, 2.05) is 12.1 Å². The van der Waals surface area contributed by atoms with Gasteiger partial charge in [-0.1, -0.05) is 137 Å². The maximum Gasteiger partial charge on any atom is 0.136 e. The van der Waals surface area contributed by atoms with E-state index in [1.54, 1.807) is 0 Å². The number of hydrogen-bond donors (Lipinski definition) is 0. The van der Waals surface area contributed by atoms with Gasteiger partial charge in [0.25, 0.3) is 0 Å². The second kappa shape index (κ2) is 11.4. The summed E-state index contributed by atoms with van der Waals surface area (Å²) in [6.07, 6.45) is 1.01. The Labute approximate surface area is 303 Å². The van der Waals surface area contributed by atoms with Gasteiger partial charge in [0, 0.05) is 21.9 Å². The second-order valence-corrected chi connectivity index (χ2v) is 15.2. The van der Waals surface area contributed by atoms with Crippen molar-refractivity contribution in [2.75, 3.05) is 0 Å². The molecular weight excluding hydrogens is 633 g/mol. The van der Waals surface area contributed by atoms with E-state index in [2.05, 4.69) is 161 Å². The van der Waals surface area contributed by atoms with Crippen LogP contribution in [-0.4, -0.2) is 0 Å². The summed E-state index contributed by atoms with van der Waals surface area (Å²) in [6, 6.07) is 53.1. The largest absolute Gasteiger partial charge is 0.456 e. The summed E-state index contributed by atoms with van der Waals surface area (Å²) in [6.45, 7) is 9.05. The highest BCUT2D eigenvalue weighted by molar-refractivity contribution is 6.31. The average molecular weight is 671 g/mol. The van der Waals surface area contributed by atoms with Crippen molar-refractivity contribution in [2.45, 2.75) is 39.5 Å². The van der Waals surface area contributed by atoms with Gasteiger partial charge < -0.3 is 8.83 Å². The first-order chi connectivity index (χ1) is 25.3. The molecule has 10 aromatic rings. The fourth-order valence-corrected chi connectivity index (χ4v) is 8.18. The predicted molar refractivity (Wildman–Crippen MR) is 220 cm³/mol. The topological polar surface area (TPSA) is 26.3 Å². The lowest BCUT2D eigenvalue weighted by Crippen LogP contribution is -2.10. The maximum absolute atomic E-state index is 6.64. The molecule has 0 bridgehead atoms.